The highest BCUT2D eigenvalue weighted by Crippen LogP contribution is 2.15. The zero-order valence-electron chi connectivity index (χ0n) is 11.1. The van der Waals surface area contributed by atoms with E-state index in [0.29, 0.717) is 12.1 Å². The summed E-state index contributed by atoms with van der Waals surface area (Å²) in [6.45, 7) is 9.73. The molecule has 0 aromatic rings. The number of likely N-dealkylation sites (N-methyl/N-ethyl adjacent to an activating group) is 1. The zero-order chi connectivity index (χ0) is 11.5. The van der Waals surface area contributed by atoms with Gasteiger partial charge in [-0.05, 0) is 53.2 Å². The average Bonchev–Trinajstić information content (AvgIpc) is 2.78. The summed E-state index contributed by atoms with van der Waals surface area (Å²) in [7, 11) is 2.23. The third kappa shape index (κ3) is 3.19. The van der Waals surface area contributed by atoms with Crippen LogP contribution in [0.15, 0.2) is 0 Å². The quantitative estimate of drug-likeness (QED) is 0.774. The fourth-order valence-corrected chi connectivity index (χ4v) is 3.12. The molecule has 0 aliphatic carbocycles. The molecule has 0 amide bonds. The lowest BCUT2D eigenvalue weighted by atomic mass is 10.1. The Bertz CT molecular complexity index is 203. The van der Waals surface area contributed by atoms with Gasteiger partial charge in [0.1, 0.15) is 0 Å². The van der Waals surface area contributed by atoms with Gasteiger partial charge in [0.2, 0.25) is 0 Å². The minimum Gasteiger partial charge on any atom is -0.309 e. The Morgan fingerprint density at radius 1 is 1.31 bits per heavy atom. The summed E-state index contributed by atoms with van der Waals surface area (Å²) >= 11 is 0. The van der Waals surface area contributed by atoms with E-state index in [-0.39, 0.29) is 0 Å². The fraction of sp³-hybridized carbons (Fsp3) is 1.00. The molecule has 0 aromatic heterocycles. The normalized spacial score (nSPS) is 34.7. The van der Waals surface area contributed by atoms with E-state index in [0.717, 1.165) is 6.04 Å². The fourth-order valence-electron chi connectivity index (χ4n) is 3.12. The minimum atomic E-state index is 0.641. The Labute approximate surface area is 100 Å². The molecule has 0 spiro atoms. The summed E-state index contributed by atoms with van der Waals surface area (Å²) < 4.78 is 0. The smallest absolute Gasteiger partial charge is 0.0212 e. The van der Waals surface area contributed by atoms with Crippen LogP contribution in [0.2, 0.25) is 0 Å². The molecule has 2 fully saturated rings. The van der Waals surface area contributed by atoms with E-state index in [4.69, 9.17) is 0 Å². The lowest BCUT2D eigenvalue weighted by Gasteiger charge is -2.24. The second kappa shape index (κ2) is 5.48. The predicted molar refractivity (Wildman–Crippen MR) is 68.8 cm³/mol. The van der Waals surface area contributed by atoms with Gasteiger partial charge in [0, 0.05) is 31.2 Å². The van der Waals surface area contributed by atoms with E-state index in [1.807, 2.05) is 0 Å². The summed E-state index contributed by atoms with van der Waals surface area (Å²) in [6, 6.07) is 2.09. The highest BCUT2D eigenvalue weighted by atomic mass is 15.2. The molecule has 0 bridgehead atoms. The first kappa shape index (κ1) is 12.3. The number of hydrogen-bond donors (Lipinski definition) is 1. The van der Waals surface area contributed by atoms with Crippen LogP contribution in [0.1, 0.15) is 33.1 Å². The van der Waals surface area contributed by atoms with E-state index in [1.165, 1.54) is 45.4 Å². The Balaban J connectivity index is 1.68. The van der Waals surface area contributed by atoms with E-state index in [2.05, 4.69) is 36.0 Å². The van der Waals surface area contributed by atoms with Gasteiger partial charge in [-0.2, -0.15) is 0 Å². The second-order valence-electron chi connectivity index (χ2n) is 5.80. The molecular weight excluding hydrogens is 198 g/mol. The van der Waals surface area contributed by atoms with Gasteiger partial charge in [0.15, 0.2) is 0 Å². The van der Waals surface area contributed by atoms with Crippen molar-refractivity contribution >= 4 is 0 Å². The lowest BCUT2D eigenvalue weighted by Crippen LogP contribution is -2.44. The minimum absolute atomic E-state index is 0.641. The Hall–Kier alpha value is -0.120. The largest absolute Gasteiger partial charge is 0.309 e. The van der Waals surface area contributed by atoms with Gasteiger partial charge in [0.05, 0.1) is 0 Å². The molecule has 2 heterocycles. The molecule has 2 saturated heterocycles. The van der Waals surface area contributed by atoms with Crippen molar-refractivity contribution in [1.29, 1.82) is 0 Å². The van der Waals surface area contributed by atoms with Crippen molar-refractivity contribution in [2.24, 2.45) is 0 Å². The van der Waals surface area contributed by atoms with Gasteiger partial charge in [-0.25, -0.2) is 0 Å². The summed E-state index contributed by atoms with van der Waals surface area (Å²) in [5.41, 5.74) is 0. The van der Waals surface area contributed by atoms with E-state index in [9.17, 15) is 0 Å². The Morgan fingerprint density at radius 3 is 2.56 bits per heavy atom. The molecule has 2 aliphatic heterocycles. The Morgan fingerprint density at radius 2 is 2.00 bits per heavy atom. The van der Waals surface area contributed by atoms with Gasteiger partial charge in [0.25, 0.3) is 0 Å². The van der Waals surface area contributed by atoms with Crippen molar-refractivity contribution in [2.75, 3.05) is 33.2 Å². The van der Waals surface area contributed by atoms with Crippen molar-refractivity contribution in [3.8, 4) is 0 Å². The van der Waals surface area contributed by atoms with Crippen LogP contribution in [0, 0.1) is 0 Å². The first-order chi connectivity index (χ1) is 7.65. The summed E-state index contributed by atoms with van der Waals surface area (Å²) in [5, 5.41) is 3.78. The van der Waals surface area contributed by atoms with Gasteiger partial charge in [-0.15, -0.1) is 0 Å². The third-order valence-electron chi connectivity index (χ3n) is 4.14. The van der Waals surface area contributed by atoms with Crippen molar-refractivity contribution in [2.45, 2.75) is 51.2 Å². The molecule has 0 radical (unpaired) electrons. The standard InChI is InChI=1S/C13H27N3/c1-11(9-16-6-4-5-7-16)14-13-8-12(2)15(3)10-13/h11-14H,4-10H2,1-3H3. The average molecular weight is 225 g/mol. The summed E-state index contributed by atoms with van der Waals surface area (Å²) in [5.74, 6) is 0. The van der Waals surface area contributed by atoms with Crippen molar-refractivity contribution < 1.29 is 0 Å². The number of likely N-dealkylation sites (tertiary alicyclic amines) is 2. The highest BCUT2D eigenvalue weighted by Gasteiger charge is 2.27. The molecule has 0 saturated carbocycles. The molecule has 3 heteroatoms. The molecule has 3 nitrogen and oxygen atoms in total. The number of nitrogens with zero attached hydrogens (tertiary/aromatic N) is 2. The van der Waals surface area contributed by atoms with E-state index < -0.39 is 0 Å². The number of hydrogen-bond acceptors (Lipinski definition) is 3. The van der Waals surface area contributed by atoms with E-state index in [1.54, 1.807) is 0 Å². The van der Waals surface area contributed by atoms with Crippen LogP contribution in [0.25, 0.3) is 0 Å². The molecule has 1 N–H and O–H groups in total. The summed E-state index contributed by atoms with van der Waals surface area (Å²) in [6.07, 6.45) is 4.10. The molecule has 3 unspecified atom stereocenters. The number of rotatable bonds is 4. The number of nitrogens with one attached hydrogen (secondary N) is 1. The predicted octanol–water partition coefficient (Wildman–Crippen LogP) is 1.15. The molecular formula is C13H27N3. The maximum Gasteiger partial charge on any atom is 0.0212 e. The Kier molecular flexibility index (Phi) is 4.22. The molecule has 94 valence electrons. The SMILES string of the molecule is CC(CN1CCCC1)NC1CC(C)N(C)C1. The first-order valence-electron chi connectivity index (χ1n) is 6.84. The first-order valence-corrected chi connectivity index (χ1v) is 6.84. The van der Waals surface area contributed by atoms with Gasteiger partial charge in [-0.3, -0.25) is 0 Å². The van der Waals surface area contributed by atoms with Crippen LogP contribution in [-0.4, -0.2) is 61.2 Å². The van der Waals surface area contributed by atoms with Crippen LogP contribution in [0.3, 0.4) is 0 Å². The topological polar surface area (TPSA) is 18.5 Å². The van der Waals surface area contributed by atoms with Crippen molar-refractivity contribution in [1.82, 2.24) is 15.1 Å². The van der Waals surface area contributed by atoms with Crippen LogP contribution >= 0.6 is 0 Å². The second-order valence-corrected chi connectivity index (χ2v) is 5.80. The van der Waals surface area contributed by atoms with Gasteiger partial charge >= 0.3 is 0 Å². The van der Waals surface area contributed by atoms with Crippen LogP contribution in [-0.2, 0) is 0 Å². The molecule has 2 aliphatic rings. The highest BCUT2D eigenvalue weighted by molar-refractivity contribution is 4.87. The van der Waals surface area contributed by atoms with Gasteiger partial charge in [-0.1, -0.05) is 0 Å². The van der Waals surface area contributed by atoms with Crippen LogP contribution in [0.5, 0.6) is 0 Å². The van der Waals surface area contributed by atoms with Crippen molar-refractivity contribution in [3.63, 3.8) is 0 Å². The summed E-state index contributed by atoms with van der Waals surface area (Å²) in [4.78, 5) is 5.06. The molecule has 0 aromatic carbocycles. The lowest BCUT2D eigenvalue weighted by molar-refractivity contribution is 0.283. The molecule has 16 heavy (non-hydrogen) atoms. The monoisotopic (exact) mass is 225 g/mol. The van der Waals surface area contributed by atoms with Gasteiger partial charge < -0.3 is 15.1 Å². The van der Waals surface area contributed by atoms with Crippen LogP contribution in [0.4, 0.5) is 0 Å². The molecule has 3 atom stereocenters. The maximum absolute atomic E-state index is 3.78. The zero-order valence-corrected chi connectivity index (χ0v) is 11.1. The maximum atomic E-state index is 3.78. The van der Waals surface area contributed by atoms with Crippen molar-refractivity contribution in [3.05, 3.63) is 0 Å². The van der Waals surface area contributed by atoms with E-state index >= 15 is 0 Å². The molecule has 2 rings (SSSR count). The third-order valence-corrected chi connectivity index (χ3v) is 4.14. The van der Waals surface area contributed by atoms with Crippen LogP contribution < -0.4 is 5.32 Å².